The first kappa shape index (κ1) is 16.7. The van der Waals surface area contributed by atoms with Crippen molar-refractivity contribution in [3.8, 4) is 0 Å². The van der Waals surface area contributed by atoms with Gasteiger partial charge < -0.3 is 20.7 Å². The molecule has 3 N–H and O–H groups in total. The Morgan fingerprint density at radius 1 is 1.64 bits per heavy atom. The van der Waals surface area contributed by atoms with Crippen molar-refractivity contribution in [2.24, 2.45) is 5.73 Å². The lowest BCUT2D eigenvalue weighted by Gasteiger charge is -2.18. The number of carbonyl (C=O) groups excluding carboxylic acids is 2. The second-order valence-corrected chi connectivity index (χ2v) is 5.41. The van der Waals surface area contributed by atoms with Gasteiger partial charge in [-0.1, -0.05) is 11.6 Å². The number of hydrogen-bond acceptors (Lipinski definition) is 4. The predicted octanol–water partition coefficient (Wildman–Crippen LogP) is 0.674. The molecule has 1 fully saturated rings. The molecule has 1 heterocycles. The summed E-state index contributed by atoms with van der Waals surface area (Å²) in [5.41, 5.74) is 6.11. The van der Waals surface area contributed by atoms with Gasteiger partial charge in [-0.2, -0.15) is 0 Å². The SMILES string of the molecule is COCC(N)C(=O)NC1CCN(c2ccc(F)c(Cl)c2)C1=O. The van der Waals surface area contributed by atoms with E-state index >= 15 is 0 Å². The smallest absolute Gasteiger partial charge is 0.249 e. The van der Waals surface area contributed by atoms with Crippen molar-refractivity contribution in [3.05, 3.63) is 29.0 Å². The highest BCUT2D eigenvalue weighted by Crippen LogP contribution is 2.26. The van der Waals surface area contributed by atoms with E-state index in [1.54, 1.807) is 0 Å². The topological polar surface area (TPSA) is 84.7 Å². The Hall–Kier alpha value is -1.70. The van der Waals surface area contributed by atoms with E-state index < -0.39 is 23.8 Å². The number of halogens is 2. The summed E-state index contributed by atoms with van der Waals surface area (Å²) in [4.78, 5) is 25.6. The van der Waals surface area contributed by atoms with Gasteiger partial charge in [0.1, 0.15) is 17.9 Å². The average molecular weight is 330 g/mol. The number of anilines is 1. The number of rotatable bonds is 5. The average Bonchev–Trinajstić information content (AvgIpc) is 2.83. The zero-order valence-corrected chi connectivity index (χ0v) is 12.8. The van der Waals surface area contributed by atoms with Crippen LogP contribution in [-0.2, 0) is 14.3 Å². The summed E-state index contributed by atoms with van der Waals surface area (Å²) in [6.45, 7) is 0.481. The number of nitrogens with one attached hydrogen (secondary N) is 1. The molecule has 2 amide bonds. The molecule has 1 aliphatic rings. The van der Waals surface area contributed by atoms with Crippen molar-refractivity contribution in [2.45, 2.75) is 18.5 Å². The maximum atomic E-state index is 13.2. The molecule has 120 valence electrons. The third-order valence-electron chi connectivity index (χ3n) is 3.42. The quantitative estimate of drug-likeness (QED) is 0.831. The van der Waals surface area contributed by atoms with E-state index in [2.05, 4.69) is 5.32 Å². The number of carbonyl (C=O) groups is 2. The van der Waals surface area contributed by atoms with Gasteiger partial charge >= 0.3 is 0 Å². The summed E-state index contributed by atoms with van der Waals surface area (Å²) in [5.74, 6) is -1.27. The minimum atomic E-state index is -0.827. The Morgan fingerprint density at radius 3 is 3.00 bits per heavy atom. The molecular weight excluding hydrogens is 313 g/mol. The summed E-state index contributed by atoms with van der Waals surface area (Å²) < 4.78 is 18.0. The van der Waals surface area contributed by atoms with Crippen LogP contribution in [0.1, 0.15) is 6.42 Å². The van der Waals surface area contributed by atoms with Gasteiger partial charge in [-0.05, 0) is 24.6 Å². The lowest BCUT2D eigenvalue weighted by atomic mass is 10.2. The number of ether oxygens (including phenoxy) is 1. The zero-order chi connectivity index (χ0) is 16.3. The Kier molecular flexibility index (Phi) is 5.33. The first-order chi connectivity index (χ1) is 10.4. The van der Waals surface area contributed by atoms with E-state index in [0.29, 0.717) is 18.7 Å². The second-order valence-electron chi connectivity index (χ2n) is 5.00. The van der Waals surface area contributed by atoms with E-state index in [-0.39, 0.29) is 17.5 Å². The summed E-state index contributed by atoms with van der Waals surface area (Å²) >= 11 is 5.72. The van der Waals surface area contributed by atoms with Gasteiger partial charge in [0.25, 0.3) is 0 Å². The van der Waals surface area contributed by atoms with Gasteiger partial charge in [0, 0.05) is 19.3 Å². The first-order valence-corrected chi connectivity index (χ1v) is 7.13. The van der Waals surface area contributed by atoms with Crippen molar-refractivity contribution in [1.82, 2.24) is 5.32 Å². The fourth-order valence-electron chi connectivity index (χ4n) is 2.26. The van der Waals surface area contributed by atoms with Crippen molar-refractivity contribution < 1.29 is 18.7 Å². The normalized spacial score (nSPS) is 19.4. The lowest BCUT2D eigenvalue weighted by Crippen LogP contribution is -2.49. The van der Waals surface area contributed by atoms with E-state index in [9.17, 15) is 14.0 Å². The Bertz CT molecular complexity index is 584. The fraction of sp³-hybridized carbons (Fsp3) is 0.429. The lowest BCUT2D eigenvalue weighted by molar-refractivity contribution is -0.128. The van der Waals surface area contributed by atoms with E-state index in [1.807, 2.05) is 0 Å². The third kappa shape index (κ3) is 3.55. The molecule has 0 bridgehead atoms. The minimum Gasteiger partial charge on any atom is -0.383 e. The molecule has 1 aromatic carbocycles. The zero-order valence-electron chi connectivity index (χ0n) is 12.0. The summed E-state index contributed by atoms with van der Waals surface area (Å²) in [6, 6.07) is 2.58. The van der Waals surface area contributed by atoms with Crippen LogP contribution in [0.4, 0.5) is 10.1 Å². The van der Waals surface area contributed by atoms with Crippen LogP contribution >= 0.6 is 11.6 Å². The van der Waals surface area contributed by atoms with Crippen LogP contribution in [0.15, 0.2) is 18.2 Å². The summed E-state index contributed by atoms with van der Waals surface area (Å²) in [7, 11) is 1.44. The van der Waals surface area contributed by atoms with E-state index in [1.165, 1.54) is 30.2 Å². The van der Waals surface area contributed by atoms with Crippen LogP contribution in [0.2, 0.25) is 5.02 Å². The summed E-state index contributed by atoms with van der Waals surface area (Å²) in [6.07, 6.45) is 0.444. The molecule has 0 aromatic heterocycles. The molecule has 2 unspecified atom stereocenters. The maximum absolute atomic E-state index is 13.2. The molecule has 0 aliphatic carbocycles. The maximum Gasteiger partial charge on any atom is 0.249 e. The number of nitrogens with two attached hydrogens (primary N) is 1. The Balaban J connectivity index is 2.03. The molecule has 0 spiro atoms. The van der Waals surface area contributed by atoms with Crippen molar-refractivity contribution >= 4 is 29.1 Å². The number of amides is 2. The van der Waals surface area contributed by atoms with Gasteiger partial charge in [-0.3, -0.25) is 9.59 Å². The Morgan fingerprint density at radius 2 is 2.36 bits per heavy atom. The van der Waals surface area contributed by atoms with Crippen LogP contribution in [0.25, 0.3) is 0 Å². The Labute approximate surface area is 132 Å². The van der Waals surface area contributed by atoms with Crippen LogP contribution in [0.5, 0.6) is 0 Å². The van der Waals surface area contributed by atoms with E-state index in [4.69, 9.17) is 22.1 Å². The molecule has 2 atom stereocenters. The van der Waals surface area contributed by atoms with Crippen LogP contribution < -0.4 is 16.0 Å². The van der Waals surface area contributed by atoms with E-state index in [0.717, 1.165) is 0 Å². The first-order valence-electron chi connectivity index (χ1n) is 6.75. The van der Waals surface area contributed by atoms with Gasteiger partial charge in [-0.15, -0.1) is 0 Å². The molecule has 0 radical (unpaired) electrons. The number of hydrogen-bond donors (Lipinski definition) is 2. The largest absolute Gasteiger partial charge is 0.383 e. The highest BCUT2D eigenvalue weighted by molar-refractivity contribution is 6.31. The molecular formula is C14H17ClFN3O3. The highest BCUT2D eigenvalue weighted by Gasteiger charge is 2.34. The molecule has 8 heteroatoms. The van der Waals surface area contributed by atoms with Crippen LogP contribution in [0.3, 0.4) is 0 Å². The van der Waals surface area contributed by atoms with Crippen molar-refractivity contribution in [3.63, 3.8) is 0 Å². The number of nitrogens with zero attached hydrogens (tertiary/aromatic N) is 1. The van der Waals surface area contributed by atoms with Crippen molar-refractivity contribution in [2.75, 3.05) is 25.2 Å². The number of methoxy groups -OCH3 is 1. The van der Waals surface area contributed by atoms with Crippen LogP contribution in [0, 0.1) is 5.82 Å². The van der Waals surface area contributed by atoms with Crippen molar-refractivity contribution in [1.29, 1.82) is 0 Å². The molecule has 1 aromatic rings. The molecule has 2 rings (SSSR count). The molecule has 6 nitrogen and oxygen atoms in total. The van der Waals surface area contributed by atoms with Gasteiger partial charge in [0.15, 0.2) is 0 Å². The predicted molar refractivity (Wildman–Crippen MR) is 80.2 cm³/mol. The van der Waals surface area contributed by atoms with Gasteiger partial charge in [0.2, 0.25) is 11.8 Å². The molecule has 22 heavy (non-hydrogen) atoms. The highest BCUT2D eigenvalue weighted by atomic mass is 35.5. The second kappa shape index (κ2) is 7.04. The molecule has 0 saturated carbocycles. The third-order valence-corrected chi connectivity index (χ3v) is 3.71. The minimum absolute atomic E-state index is 0.0556. The number of benzene rings is 1. The summed E-state index contributed by atoms with van der Waals surface area (Å²) in [5, 5.41) is 2.54. The van der Waals surface area contributed by atoms with Gasteiger partial charge in [0.05, 0.1) is 11.6 Å². The standard InChI is InChI=1S/C14H17ClFN3O3/c1-22-7-11(17)13(20)18-12-4-5-19(14(12)21)8-2-3-10(16)9(15)6-8/h2-3,6,11-12H,4-5,7,17H2,1H3,(H,18,20). The molecule has 1 saturated heterocycles. The monoisotopic (exact) mass is 329 g/mol. The molecule has 1 aliphatic heterocycles. The van der Waals surface area contributed by atoms with Crippen LogP contribution in [-0.4, -0.2) is 44.2 Å². The fourth-order valence-corrected chi connectivity index (χ4v) is 2.43. The van der Waals surface area contributed by atoms with Gasteiger partial charge in [-0.25, -0.2) is 4.39 Å².